The van der Waals surface area contributed by atoms with Gasteiger partial charge in [-0.15, -0.1) is 0 Å². The maximum Gasteiger partial charge on any atom is 0.167 e. The third-order valence-corrected chi connectivity index (χ3v) is 5.10. The second-order valence-electron chi connectivity index (χ2n) is 7.12. The van der Waals surface area contributed by atoms with Gasteiger partial charge < -0.3 is 14.4 Å². The summed E-state index contributed by atoms with van der Waals surface area (Å²) >= 11 is 0. The van der Waals surface area contributed by atoms with Crippen molar-refractivity contribution >= 4 is 34.5 Å². The zero-order valence-electron chi connectivity index (χ0n) is 17.0. The van der Waals surface area contributed by atoms with E-state index in [0.717, 1.165) is 51.6 Å². The molecule has 0 amide bonds. The fraction of sp³-hybridized carbons (Fsp3) is 0.250. The van der Waals surface area contributed by atoms with Crippen LogP contribution in [0.15, 0.2) is 47.5 Å². The Kier molecular flexibility index (Phi) is 4.97. The number of carbonyl (C=O) groups excluding carboxylic acids is 1. The van der Waals surface area contributed by atoms with Gasteiger partial charge in [-0.3, -0.25) is 4.79 Å². The number of hydrogen-bond acceptors (Lipinski definition) is 5. The van der Waals surface area contributed by atoms with E-state index in [4.69, 9.17) is 14.5 Å². The number of benzene rings is 3. The number of rotatable bonds is 6. The van der Waals surface area contributed by atoms with Gasteiger partial charge in [0.05, 0.1) is 0 Å². The normalized spacial score (nSPS) is 11.8. The number of ether oxygens (including phenoxy) is 2. The lowest BCUT2D eigenvalue weighted by Crippen LogP contribution is -2.22. The summed E-state index contributed by atoms with van der Waals surface area (Å²) in [4.78, 5) is 18.4. The van der Waals surface area contributed by atoms with Gasteiger partial charge in [0.25, 0.3) is 0 Å². The SMILES string of the molecule is C=c1cc2c(c3cc(OCC(C)=O)ccc13)=Nc1ccc(N(CC)CC)cc1O2. The Morgan fingerprint density at radius 3 is 2.59 bits per heavy atom. The fourth-order valence-corrected chi connectivity index (χ4v) is 3.61. The van der Waals surface area contributed by atoms with Crippen LogP contribution >= 0.6 is 0 Å². The van der Waals surface area contributed by atoms with Crippen LogP contribution in [0.2, 0.25) is 0 Å². The van der Waals surface area contributed by atoms with Crippen molar-refractivity contribution in [3.8, 4) is 17.2 Å². The van der Waals surface area contributed by atoms with E-state index >= 15 is 0 Å². The molecule has 5 heteroatoms. The first-order valence-corrected chi connectivity index (χ1v) is 9.83. The van der Waals surface area contributed by atoms with Crippen LogP contribution < -0.4 is 24.9 Å². The fourth-order valence-electron chi connectivity index (χ4n) is 3.61. The molecule has 0 saturated carbocycles. The van der Waals surface area contributed by atoms with Gasteiger partial charge in [-0.25, -0.2) is 4.99 Å². The molecule has 0 aromatic heterocycles. The lowest BCUT2D eigenvalue weighted by molar-refractivity contribution is -0.118. The maximum absolute atomic E-state index is 11.2. The van der Waals surface area contributed by atoms with Gasteiger partial charge in [-0.05, 0) is 61.7 Å². The number of fused-ring (bicyclic) bond motifs is 4. The van der Waals surface area contributed by atoms with Crippen LogP contribution in [-0.4, -0.2) is 25.5 Å². The highest BCUT2D eigenvalue weighted by molar-refractivity contribution is 5.86. The van der Waals surface area contributed by atoms with Gasteiger partial charge in [0, 0.05) is 30.2 Å². The summed E-state index contributed by atoms with van der Waals surface area (Å²) in [5.41, 5.74) is 1.91. The molecule has 4 rings (SSSR count). The Morgan fingerprint density at radius 2 is 1.86 bits per heavy atom. The molecule has 0 N–H and O–H groups in total. The average Bonchev–Trinajstić information content (AvgIpc) is 2.72. The van der Waals surface area contributed by atoms with E-state index in [9.17, 15) is 4.79 Å². The molecule has 0 bridgehead atoms. The predicted molar refractivity (Wildman–Crippen MR) is 116 cm³/mol. The van der Waals surface area contributed by atoms with Crippen molar-refractivity contribution in [1.82, 2.24) is 0 Å². The number of carbonyl (C=O) groups is 1. The largest absolute Gasteiger partial charge is 0.486 e. The van der Waals surface area contributed by atoms with Gasteiger partial charge in [-0.2, -0.15) is 0 Å². The standard InChI is InChI=1S/C24H24N2O3/c1-5-26(6-2)17-7-10-21-22(12-17)29-23-11-15(3)19-9-8-18(28-14-16(4)27)13-20(19)24(23)25-21/h7-13H,3,5-6,14H2,1-2,4H3. The molecule has 1 heterocycles. The van der Waals surface area contributed by atoms with Crippen molar-refractivity contribution in [3.63, 3.8) is 0 Å². The van der Waals surface area contributed by atoms with Crippen molar-refractivity contribution < 1.29 is 14.3 Å². The van der Waals surface area contributed by atoms with Crippen molar-refractivity contribution in [2.24, 2.45) is 4.99 Å². The van der Waals surface area contributed by atoms with E-state index in [2.05, 4.69) is 31.4 Å². The lowest BCUT2D eigenvalue weighted by atomic mass is 10.1. The molecule has 3 aromatic carbocycles. The summed E-state index contributed by atoms with van der Waals surface area (Å²) in [6.45, 7) is 11.8. The van der Waals surface area contributed by atoms with Crippen molar-refractivity contribution in [2.45, 2.75) is 20.8 Å². The molecule has 29 heavy (non-hydrogen) atoms. The third-order valence-electron chi connectivity index (χ3n) is 5.10. The number of hydrogen-bond donors (Lipinski definition) is 0. The van der Waals surface area contributed by atoms with Crippen LogP contribution in [0.5, 0.6) is 17.2 Å². The molecule has 148 valence electrons. The van der Waals surface area contributed by atoms with Crippen LogP contribution in [-0.2, 0) is 4.79 Å². The highest BCUT2D eigenvalue weighted by Crippen LogP contribution is 2.37. The lowest BCUT2D eigenvalue weighted by Gasteiger charge is -2.23. The van der Waals surface area contributed by atoms with E-state index in [0.29, 0.717) is 11.5 Å². The van der Waals surface area contributed by atoms with Crippen LogP contribution in [0.25, 0.3) is 17.4 Å². The van der Waals surface area contributed by atoms with E-state index in [1.165, 1.54) is 6.92 Å². The molecule has 0 radical (unpaired) electrons. The minimum absolute atomic E-state index is 0.0241. The zero-order chi connectivity index (χ0) is 20.5. The van der Waals surface area contributed by atoms with E-state index in [1.54, 1.807) is 0 Å². The van der Waals surface area contributed by atoms with Gasteiger partial charge in [0.15, 0.2) is 17.3 Å². The Morgan fingerprint density at radius 1 is 1.07 bits per heavy atom. The molecular formula is C24H24N2O3. The molecule has 5 nitrogen and oxygen atoms in total. The minimum Gasteiger partial charge on any atom is -0.486 e. The quantitative estimate of drug-likeness (QED) is 0.499. The van der Waals surface area contributed by atoms with Crippen molar-refractivity contribution in [1.29, 1.82) is 0 Å². The molecule has 3 aromatic rings. The average molecular weight is 388 g/mol. The van der Waals surface area contributed by atoms with E-state index < -0.39 is 0 Å². The summed E-state index contributed by atoms with van der Waals surface area (Å²) in [7, 11) is 0. The van der Waals surface area contributed by atoms with Gasteiger partial charge in [0.2, 0.25) is 0 Å². The zero-order valence-corrected chi connectivity index (χ0v) is 17.0. The molecule has 0 unspecified atom stereocenters. The Balaban J connectivity index is 1.85. The van der Waals surface area contributed by atoms with Crippen LogP contribution in [0, 0.1) is 0 Å². The minimum atomic E-state index is -0.0241. The van der Waals surface area contributed by atoms with Gasteiger partial charge in [-0.1, -0.05) is 12.6 Å². The van der Waals surface area contributed by atoms with E-state index in [-0.39, 0.29) is 12.4 Å². The first-order valence-electron chi connectivity index (χ1n) is 9.83. The maximum atomic E-state index is 11.2. The van der Waals surface area contributed by atoms with Crippen molar-refractivity contribution in [2.75, 3.05) is 24.6 Å². The third kappa shape index (κ3) is 3.56. The predicted octanol–water partition coefficient (Wildman–Crippen LogP) is 4.12. The summed E-state index contributed by atoms with van der Waals surface area (Å²) in [5.74, 6) is 2.02. The summed E-state index contributed by atoms with van der Waals surface area (Å²) in [6.07, 6.45) is 0. The molecule has 0 aliphatic carbocycles. The monoisotopic (exact) mass is 388 g/mol. The van der Waals surface area contributed by atoms with Gasteiger partial charge >= 0.3 is 0 Å². The number of ketones is 1. The van der Waals surface area contributed by atoms with Crippen LogP contribution in [0.4, 0.5) is 11.4 Å². The smallest absolute Gasteiger partial charge is 0.167 e. The van der Waals surface area contributed by atoms with E-state index in [1.807, 2.05) is 36.4 Å². The molecule has 0 atom stereocenters. The first kappa shape index (κ1) is 19.0. The number of Topliss-reactive ketones (excluding diaryl/α,β-unsaturated/α-hetero) is 1. The molecule has 1 aliphatic rings. The molecule has 1 aliphatic heterocycles. The first-order chi connectivity index (χ1) is 14.0. The Hall–Kier alpha value is -3.34. The number of anilines is 1. The summed E-state index contributed by atoms with van der Waals surface area (Å²) in [6, 6.07) is 13.7. The second-order valence-corrected chi connectivity index (χ2v) is 7.12. The van der Waals surface area contributed by atoms with Gasteiger partial charge in [0.1, 0.15) is 23.4 Å². The highest BCUT2D eigenvalue weighted by Gasteiger charge is 2.17. The highest BCUT2D eigenvalue weighted by atomic mass is 16.5. The Labute approximate surface area is 169 Å². The van der Waals surface area contributed by atoms with Crippen LogP contribution in [0.1, 0.15) is 20.8 Å². The van der Waals surface area contributed by atoms with Crippen LogP contribution in [0.3, 0.4) is 0 Å². The second kappa shape index (κ2) is 7.59. The molecule has 0 spiro atoms. The summed E-state index contributed by atoms with van der Waals surface area (Å²) < 4.78 is 11.8. The number of nitrogens with zero attached hydrogens (tertiary/aromatic N) is 2. The molecule has 0 saturated heterocycles. The molecular weight excluding hydrogens is 364 g/mol. The molecule has 0 fully saturated rings. The topological polar surface area (TPSA) is 51.1 Å². The Bertz CT molecular complexity index is 1210. The van der Waals surface area contributed by atoms with Crippen molar-refractivity contribution in [3.05, 3.63) is 53.0 Å². The summed E-state index contributed by atoms with van der Waals surface area (Å²) in [5, 5.41) is 3.49.